The Morgan fingerprint density at radius 2 is 1.87 bits per heavy atom. The molecular formula is C17H25N3O3. The Kier molecular flexibility index (Phi) is 6.10. The molecule has 6 heteroatoms. The van der Waals surface area contributed by atoms with Crippen LogP contribution in [0.4, 0.5) is 5.69 Å². The highest BCUT2D eigenvalue weighted by Crippen LogP contribution is 2.25. The quantitative estimate of drug-likeness (QED) is 0.572. The minimum absolute atomic E-state index is 0.00644. The molecule has 0 N–H and O–H groups in total. The van der Waals surface area contributed by atoms with Crippen molar-refractivity contribution in [2.45, 2.75) is 38.1 Å². The summed E-state index contributed by atoms with van der Waals surface area (Å²) in [5, 5.41) is 11.1. The van der Waals surface area contributed by atoms with E-state index in [4.69, 9.17) is 0 Å². The van der Waals surface area contributed by atoms with E-state index in [1.54, 1.807) is 18.2 Å². The van der Waals surface area contributed by atoms with Gasteiger partial charge in [0.25, 0.3) is 5.69 Å². The second kappa shape index (κ2) is 8.06. The highest BCUT2D eigenvalue weighted by molar-refractivity contribution is 5.80. The van der Waals surface area contributed by atoms with Crippen LogP contribution in [0.15, 0.2) is 24.3 Å². The van der Waals surface area contributed by atoms with Crippen molar-refractivity contribution in [3.05, 3.63) is 39.9 Å². The van der Waals surface area contributed by atoms with Gasteiger partial charge in [-0.05, 0) is 26.9 Å². The van der Waals surface area contributed by atoms with Gasteiger partial charge in [0, 0.05) is 30.8 Å². The molecule has 1 aromatic carbocycles. The smallest absolute Gasteiger partial charge is 0.273 e. The van der Waals surface area contributed by atoms with E-state index in [0.717, 1.165) is 32.2 Å². The normalized spacial score (nSPS) is 15.1. The summed E-state index contributed by atoms with van der Waals surface area (Å²) in [6.07, 6.45) is 4.48. The van der Waals surface area contributed by atoms with Crippen molar-refractivity contribution in [2.24, 2.45) is 0 Å². The molecule has 23 heavy (non-hydrogen) atoms. The Hall–Kier alpha value is -1.95. The maximum Gasteiger partial charge on any atom is 0.273 e. The number of likely N-dealkylation sites (N-methyl/N-ethyl adjacent to an activating group) is 1. The molecule has 0 bridgehead atoms. The highest BCUT2D eigenvalue weighted by atomic mass is 16.6. The lowest BCUT2D eigenvalue weighted by Gasteiger charge is -2.30. The summed E-state index contributed by atoms with van der Waals surface area (Å²) < 4.78 is 0. The molecule has 0 spiro atoms. The molecule has 6 nitrogen and oxygen atoms in total. The summed E-state index contributed by atoms with van der Waals surface area (Å²) in [6, 6.07) is 6.80. The molecule has 0 aromatic heterocycles. The van der Waals surface area contributed by atoms with E-state index in [2.05, 4.69) is 4.90 Å². The fraction of sp³-hybridized carbons (Fsp3) is 0.588. The van der Waals surface area contributed by atoms with Gasteiger partial charge >= 0.3 is 0 Å². The molecule has 0 radical (unpaired) electrons. The van der Waals surface area contributed by atoms with Crippen molar-refractivity contribution in [3.8, 4) is 0 Å². The SMILES string of the molecule is CN(C)CCN(C(=O)Cc1ccccc1[N+](=O)[O-])C1CCCC1. The van der Waals surface area contributed by atoms with Gasteiger partial charge in [0.15, 0.2) is 0 Å². The van der Waals surface area contributed by atoms with E-state index in [-0.39, 0.29) is 24.1 Å². The molecule has 1 aliphatic rings. The lowest BCUT2D eigenvalue weighted by molar-refractivity contribution is -0.385. The van der Waals surface area contributed by atoms with Crippen LogP contribution < -0.4 is 0 Å². The average Bonchev–Trinajstić information content (AvgIpc) is 3.01. The maximum absolute atomic E-state index is 12.8. The van der Waals surface area contributed by atoms with Crippen LogP contribution in [-0.2, 0) is 11.2 Å². The number of amides is 1. The molecule has 0 heterocycles. The third-order valence-electron chi connectivity index (χ3n) is 4.40. The first kappa shape index (κ1) is 17.4. The number of nitro groups is 1. The largest absolute Gasteiger partial charge is 0.338 e. The van der Waals surface area contributed by atoms with Crippen LogP contribution in [0, 0.1) is 10.1 Å². The van der Waals surface area contributed by atoms with Gasteiger partial charge < -0.3 is 9.80 Å². The average molecular weight is 319 g/mol. The fourth-order valence-electron chi connectivity index (χ4n) is 3.14. The summed E-state index contributed by atoms with van der Waals surface area (Å²) in [4.78, 5) is 27.5. The summed E-state index contributed by atoms with van der Waals surface area (Å²) in [7, 11) is 3.97. The molecule has 1 fully saturated rings. The molecule has 0 aliphatic heterocycles. The molecule has 126 valence electrons. The molecule has 0 unspecified atom stereocenters. The standard InChI is InChI=1S/C17H25N3O3/c1-18(2)11-12-19(15-8-4-5-9-15)17(21)13-14-7-3-6-10-16(14)20(22)23/h3,6-7,10,15H,4-5,8-9,11-13H2,1-2H3. The van der Waals surface area contributed by atoms with Crippen molar-refractivity contribution in [3.63, 3.8) is 0 Å². The van der Waals surface area contributed by atoms with Crippen LogP contribution in [0.25, 0.3) is 0 Å². The van der Waals surface area contributed by atoms with Gasteiger partial charge in [0.05, 0.1) is 11.3 Å². The summed E-state index contributed by atoms with van der Waals surface area (Å²) in [5.41, 5.74) is 0.523. The Morgan fingerprint density at radius 1 is 1.22 bits per heavy atom. The minimum Gasteiger partial charge on any atom is -0.338 e. The number of nitro benzene ring substituents is 1. The third kappa shape index (κ3) is 4.76. The van der Waals surface area contributed by atoms with E-state index in [9.17, 15) is 14.9 Å². The predicted octanol–water partition coefficient (Wildman–Crippen LogP) is 2.47. The summed E-state index contributed by atoms with van der Waals surface area (Å²) >= 11 is 0. The molecule has 2 rings (SSSR count). The van der Waals surface area contributed by atoms with Crippen molar-refractivity contribution in [1.82, 2.24) is 9.80 Å². The van der Waals surface area contributed by atoms with E-state index >= 15 is 0 Å². The van der Waals surface area contributed by atoms with Crippen molar-refractivity contribution in [1.29, 1.82) is 0 Å². The number of carbonyl (C=O) groups is 1. The Morgan fingerprint density at radius 3 is 2.48 bits per heavy atom. The van der Waals surface area contributed by atoms with Crippen LogP contribution in [0.2, 0.25) is 0 Å². The number of benzene rings is 1. The number of nitrogens with zero attached hydrogens (tertiary/aromatic N) is 3. The number of hydrogen-bond donors (Lipinski definition) is 0. The molecule has 0 atom stereocenters. The predicted molar refractivity (Wildman–Crippen MR) is 89.3 cm³/mol. The van der Waals surface area contributed by atoms with Gasteiger partial charge in [-0.2, -0.15) is 0 Å². The van der Waals surface area contributed by atoms with Crippen LogP contribution in [0.3, 0.4) is 0 Å². The zero-order valence-electron chi connectivity index (χ0n) is 13.9. The molecule has 0 saturated heterocycles. The van der Waals surface area contributed by atoms with Crippen LogP contribution in [0.1, 0.15) is 31.2 Å². The Bertz CT molecular complexity index is 554. The van der Waals surface area contributed by atoms with Crippen LogP contribution >= 0.6 is 0 Å². The lowest BCUT2D eigenvalue weighted by atomic mass is 10.1. The first-order valence-corrected chi connectivity index (χ1v) is 8.15. The van der Waals surface area contributed by atoms with Crippen LogP contribution in [0.5, 0.6) is 0 Å². The Balaban J connectivity index is 2.12. The maximum atomic E-state index is 12.8. The molecule has 1 amide bonds. The van der Waals surface area contributed by atoms with E-state index < -0.39 is 4.92 Å². The van der Waals surface area contributed by atoms with Crippen molar-refractivity contribution in [2.75, 3.05) is 27.2 Å². The third-order valence-corrected chi connectivity index (χ3v) is 4.40. The Labute approximate surface area is 137 Å². The monoisotopic (exact) mass is 319 g/mol. The number of para-hydroxylation sites is 1. The van der Waals surface area contributed by atoms with Crippen molar-refractivity contribution >= 4 is 11.6 Å². The zero-order valence-corrected chi connectivity index (χ0v) is 13.9. The molecular weight excluding hydrogens is 294 g/mol. The topological polar surface area (TPSA) is 66.7 Å². The first-order chi connectivity index (χ1) is 11.0. The van der Waals surface area contributed by atoms with Gasteiger partial charge in [-0.15, -0.1) is 0 Å². The number of hydrogen-bond acceptors (Lipinski definition) is 4. The lowest BCUT2D eigenvalue weighted by Crippen LogP contribution is -2.43. The minimum atomic E-state index is -0.414. The molecule has 1 aliphatic carbocycles. The van der Waals surface area contributed by atoms with Gasteiger partial charge in [0.2, 0.25) is 5.91 Å². The zero-order chi connectivity index (χ0) is 16.8. The first-order valence-electron chi connectivity index (χ1n) is 8.15. The van der Waals surface area contributed by atoms with Crippen LogP contribution in [-0.4, -0.2) is 53.9 Å². The second-order valence-electron chi connectivity index (χ2n) is 6.39. The van der Waals surface area contributed by atoms with Gasteiger partial charge in [-0.3, -0.25) is 14.9 Å². The summed E-state index contributed by atoms with van der Waals surface area (Å²) in [5.74, 6) is -0.00644. The highest BCUT2D eigenvalue weighted by Gasteiger charge is 2.27. The second-order valence-corrected chi connectivity index (χ2v) is 6.39. The number of rotatable bonds is 7. The van der Waals surface area contributed by atoms with Gasteiger partial charge in [-0.25, -0.2) is 0 Å². The van der Waals surface area contributed by atoms with Gasteiger partial charge in [0.1, 0.15) is 0 Å². The summed E-state index contributed by atoms with van der Waals surface area (Å²) in [6.45, 7) is 1.48. The number of carbonyl (C=O) groups excluding carboxylic acids is 1. The molecule has 1 aromatic rings. The van der Waals surface area contributed by atoms with E-state index in [1.165, 1.54) is 6.07 Å². The van der Waals surface area contributed by atoms with E-state index in [1.807, 2.05) is 19.0 Å². The van der Waals surface area contributed by atoms with Crippen molar-refractivity contribution < 1.29 is 9.72 Å². The van der Waals surface area contributed by atoms with Gasteiger partial charge in [-0.1, -0.05) is 31.0 Å². The molecule has 1 saturated carbocycles. The van der Waals surface area contributed by atoms with E-state index in [0.29, 0.717) is 12.1 Å². The fourth-order valence-corrected chi connectivity index (χ4v) is 3.14.